The van der Waals surface area contributed by atoms with Gasteiger partial charge in [0.2, 0.25) is 0 Å². The van der Waals surface area contributed by atoms with Crippen molar-refractivity contribution in [1.82, 2.24) is 5.32 Å². The number of thioether (sulfide) groups is 1. The molecule has 0 saturated carbocycles. The zero-order chi connectivity index (χ0) is 18.7. The summed E-state index contributed by atoms with van der Waals surface area (Å²) in [6.45, 7) is 0. The molecule has 1 amide bonds. The van der Waals surface area contributed by atoms with Crippen LogP contribution < -0.4 is 14.2 Å². The first-order valence-corrected chi connectivity index (χ1v) is 9.95. The minimum atomic E-state index is -4.02. The first-order valence-electron chi connectivity index (χ1n) is 7.31. The summed E-state index contributed by atoms with van der Waals surface area (Å²) < 4.78 is 35.7. The lowest BCUT2D eigenvalue weighted by Gasteiger charge is -2.11. The van der Waals surface area contributed by atoms with E-state index >= 15 is 0 Å². The lowest BCUT2D eigenvalue weighted by atomic mass is 10.2. The predicted octanol–water partition coefficient (Wildman–Crippen LogP) is 2.95. The third kappa shape index (κ3) is 4.06. The maximum atomic E-state index is 12.4. The average molecular weight is 407 g/mol. The molecule has 0 spiro atoms. The Hall–Kier alpha value is -2.36. The highest BCUT2D eigenvalue weighted by Crippen LogP contribution is 2.33. The number of ether oxygens (including phenoxy) is 1. The fraction of sp³-hybridized carbons (Fsp3) is 0.0588. The van der Waals surface area contributed by atoms with E-state index in [9.17, 15) is 13.2 Å². The van der Waals surface area contributed by atoms with E-state index in [1.165, 1.54) is 25.3 Å². The summed E-state index contributed by atoms with van der Waals surface area (Å²) in [5.41, 5.74) is 0.575. The van der Waals surface area contributed by atoms with Gasteiger partial charge in [0, 0.05) is 0 Å². The number of rotatable bonds is 5. The van der Waals surface area contributed by atoms with Crippen molar-refractivity contribution >= 4 is 50.4 Å². The van der Waals surface area contributed by atoms with Gasteiger partial charge in [-0.2, -0.15) is 8.42 Å². The second-order valence-corrected chi connectivity index (χ2v) is 8.38. The topological polar surface area (TPSA) is 81.7 Å². The third-order valence-corrected chi connectivity index (χ3v) is 5.77. The summed E-state index contributed by atoms with van der Waals surface area (Å²) in [5.74, 6) is -0.0161. The Kier molecular flexibility index (Phi) is 5.30. The van der Waals surface area contributed by atoms with E-state index in [4.69, 9.17) is 21.1 Å². The number of methoxy groups -OCH3 is 1. The van der Waals surface area contributed by atoms with Gasteiger partial charge in [-0.05, 0) is 35.9 Å². The van der Waals surface area contributed by atoms with Gasteiger partial charge in [0.15, 0.2) is 11.5 Å². The molecule has 0 radical (unpaired) electrons. The van der Waals surface area contributed by atoms with Crippen molar-refractivity contribution in [2.24, 2.45) is 0 Å². The second-order valence-electron chi connectivity index (χ2n) is 5.11. The molecule has 134 valence electrons. The maximum absolute atomic E-state index is 12.4. The number of hydrogen-bond acceptors (Lipinski definition) is 7. The molecule has 9 heteroatoms. The van der Waals surface area contributed by atoms with Crippen LogP contribution in [0.3, 0.4) is 0 Å². The van der Waals surface area contributed by atoms with E-state index in [1.807, 2.05) is 0 Å². The summed E-state index contributed by atoms with van der Waals surface area (Å²) in [6, 6.07) is 12.5. The summed E-state index contributed by atoms with van der Waals surface area (Å²) in [5, 5.41) is 2.52. The number of amides is 1. The van der Waals surface area contributed by atoms with Crippen LogP contribution in [0.4, 0.5) is 0 Å². The molecule has 0 atom stereocenters. The monoisotopic (exact) mass is 407 g/mol. The normalized spacial score (nSPS) is 15.8. The van der Waals surface area contributed by atoms with Gasteiger partial charge in [-0.1, -0.05) is 48.2 Å². The molecule has 2 aromatic carbocycles. The Balaban J connectivity index is 1.95. The van der Waals surface area contributed by atoms with Crippen molar-refractivity contribution in [1.29, 1.82) is 0 Å². The fourth-order valence-electron chi connectivity index (χ4n) is 2.17. The highest BCUT2D eigenvalue weighted by molar-refractivity contribution is 8.26. The van der Waals surface area contributed by atoms with Crippen LogP contribution in [0, 0.1) is 0 Å². The zero-order valence-electron chi connectivity index (χ0n) is 13.5. The minimum absolute atomic E-state index is 0.0247. The van der Waals surface area contributed by atoms with E-state index < -0.39 is 10.1 Å². The van der Waals surface area contributed by atoms with Crippen LogP contribution in [0.1, 0.15) is 5.56 Å². The Morgan fingerprint density at radius 1 is 1.12 bits per heavy atom. The van der Waals surface area contributed by atoms with Gasteiger partial charge in [0.1, 0.15) is 9.22 Å². The minimum Gasteiger partial charge on any atom is -0.493 e. The third-order valence-electron chi connectivity index (χ3n) is 3.36. The van der Waals surface area contributed by atoms with Crippen LogP contribution >= 0.6 is 24.0 Å². The van der Waals surface area contributed by atoms with Gasteiger partial charge in [0.05, 0.1) is 12.0 Å². The molecule has 1 aliphatic rings. The van der Waals surface area contributed by atoms with Crippen LogP contribution in [-0.2, 0) is 14.9 Å². The average Bonchev–Trinajstić information content (AvgIpc) is 2.93. The lowest BCUT2D eigenvalue weighted by Crippen LogP contribution is -2.17. The molecule has 1 saturated heterocycles. The van der Waals surface area contributed by atoms with Crippen LogP contribution in [0.15, 0.2) is 58.3 Å². The first kappa shape index (κ1) is 18.4. The predicted molar refractivity (Wildman–Crippen MR) is 104 cm³/mol. The molecule has 0 unspecified atom stereocenters. The molecule has 0 bridgehead atoms. The number of nitrogens with one attached hydrogen (secondary N) is 1. The largest absolute Gasteiger partial charge is 0.493 e. The smallest absolute Gasteiger partial charge is 0.339 e. The van der Waals surface area contributed by atoms with Gasteiger partial charge < -0.3 is 14.2 Å². The van der Waals surface area contributed by atoms with Gasteiger partial charge >= 0.3 is 10.1 Å². The van der Waals surface area contributed by atoms with Gasteiger partial charge in [-0.25, -0.2) is 0 Å². The molecule has 26 heavy (non-hydrogen) atoms. The summed E-state index contributed by atoms with van der Waals surface area (Å²) in [7, 11) is -2.60. The second kappa shape index (κ2) is 7.48. The van der Waals surface area contributed by atoms with Crippen LogP contribution in [0.2, 0.25) is 0 Å². The Morgan fingerprint density at radius 3 is 2.46 bits per heavy atom. The van der Waals surface area contributed by atoms with E-state index in [-0.39, 0.29) is 22.3 Å². The Labute approximate surface area is 160 Å². The molecule has 0 aromatic heterocycles. The molecule has 1 N–H and O–H groups in total. The first-order chi connectivity index (χ1) is 12.4. The van der Waals surface area contributed by atoms with Gasteiger partial charge in [0.25, 0.3) is 5.91 Å². The number of thiocarbonyl (C=S) groups is 1. The van der Waals surface area contributed by atoms with Crippen molar-refractivity contribution in [3.63, 3.8) is 0 Å². The highest BCUT2D eigenvalue weighted by Gasteiger charge is 2.23. The van der Waals surface area contributed by atoms with Crippen LogP contribution in [-0.4, -0.2) is 25.8 Å². The van der Waals surface area contributed by atoms with Gasteiger partial charge in [-0.3, -0.25) is 4.79 Å². The summed E-state index contributed by atoms with van der Waals surface area (Å²) in [4.78, 5) is 12.2. The molecule has 1 heterocycles. The van der Waals surface area contributed by atoms with E-state index in [0.717, 1.165) is 11.8 Å². The van der Waals surface area contributed by atoms with E-state index in [0.29, 0.717) is 14.8 Å². The number of carbonyl (C=O) groups excluding carboxylic acids is 1. The number of benzene rings is 2. The van der Waals surface area contributed by atoms with Crippen molar-refractivity contribution < 1.29 is 22.1 Å². The van der Waals surface area contributed by atoms with Crippen LogP contribution in [0.25, 0.3) is 6.08 Å². The quantitative estimate of drug-likeness (QED) is 0.464. The molecule has 0 aliphatic carbocycles. The fourth-order valence-corrected chi connectivity index (χ4v) is 4.17. The highest BCUT2D eigenvalue weighted by atomic mass is 32.2. The van der Waals surface area contributed by atoms with Crippen molar-refractivity contribution in [2.45, 2.75) is 4.90 Å². The van der Waals surface area contributed by atoms with E-state index in [1.54, 1.807) is 36.4 Å². The Bertz CT molecular complexity index is 1000. The molecule has 6 nitrogen and oxygen atoms in total. The molecule has 1 fully saturated rings. The molecule has 1 aliphatic heterocycles. The SMILES string of the molecule is COc1ccc(/C=C2\SC(=S)NC2=O)cc1OS(=O)(=O)c1ccccc1. The maximum Gasteiger partial charge on any atom is 0.339 e. The zero-order valence-corrected chi connectivity index (χ0v) is 15.9. The summed E-state index contributed by atoms with van der Waals surface area (Å²) in [6.07, 6.45) is 1.60. The van der Waals surface area contributed by atoms with Crippen LogP contribution in [0.5, 0.6) is 11.5 Å². The number of carbonyl (C=O) groups is 1. The molecule has 2 aromatic rings. The summed E-state index contributed by atoms with van der Waals surface area (Å²) >= 11 is 6.08. The van der Waals surface area contributed by atoms with Gasteiger partial charge in [-0.15, -0.1) is 0 Å². The standard InChI is InChI=1S/C17H13NO5S3/c1-22-13-8-7-11(10-15-16(19)18-17(24)25-15)9-14(13)23-26(20,21)12-5-3-2-4-6-12/h2-10H,1H3,(H,18,19,24)/b15-10-. The molecular weight excluding hydrogens is 394 g/mol. The molecular formula is C17H13NO5S3. The van der Waals surface area contributed by atoms with Crippen molar-refractivity contribution in [3.8, 4) is 11.5 Å². The lowest BCUT2D eigenvalue weighted by molar-refractivity contribution is -0.115. The number of hydrogen-bond donors (Lipinski definition) is 1. The van der Waals surface area contributed by atoms with E-state index in [2.05, 4.69) is 5.32 Å². The molecule has 3 rings (SSSR count). The van der Waals surface area contributed by atoms with Crippen molar-refractivity contribution in [3.05, 3.63) is 59.0 Å². The Morgan fingerprint density at radius 2 is 1.85 bits per heavy atom. The van der Waals surface area contributed by atoms with Crippen molar-refractivity contribution in [2.75, 3.05) is 7.11 Å².